The average Bonchev–Trinajstić information content (AvgIpc) is 3.11. The molecule has 0 bridgehead atoms. The molecule has 0 radical (unpaired) electrons. The second kappa shape index (κ2) is 19.1. The molecule has 2 aromatic rings. The van der Waals surface area contributed by atoms with E-state index >= 15 is 0 Å². The molecular formula is C35H53N9O9. The summed E-state index contributed by atoms with van der Waals surface area (Å²) in [5, 5.41) is 12.4. The van der Waals surface area contributed by atoms with E-state index in [2.05, 4.69) is 30.2 Å². The number of nitrogens with zero attached hydrogens (tertiary/aromatic N) is 8. The number of hydrogen-bond acceptors (Lipinski definition) is 16. The van der Waals surface area contributed by atoms with Gasteiger partial charge >= 0.3 is 18.2 Å². The predicted octanol–water partition coefficient (Wildman–Crippen LogP) is 2.01. The van der Waals surface area contributed by atoms with Crippen molar-refractivity contribution in [1.29, 1.82) is 0 Å². The number of ether oxygens (including phenoxy) is 4. The Labute approximate surface area is 310 Å². The van der Waals surface area contributed by atoms with Crippen LogP contribution in [0.25, 0.3) is 0 Å². The second-order valence-corrected chi connectivity index (χ2v) is 14.8. The number of hydrogen-bond donors (Lipinski definition) is 2. The van der Waals surface area contributed by atoms with Gasteiger partial charge in [0, 0.05) is 70.9 Å². The van der Waals surface area contributed by atoms with E-state index in [0.29, 0.717) is 56.9 Å². The molecule has 292 valence electrons. The van der Waals surface area contributed by atoms with Crippen LogP contribution in [-0.4, -0.2) is 160 Å². The van der Waals surface area contributed by atoms with E-state index in [1.807, 2.05) is 9.80 Å². The number of carbonyl (C=O) groups is 4. The third-order valence-corrected chi connectivity index (χ3v) is 8.18. The standard InChI is InChI=1S/C35H53N9O9/c1-34(2,3)52-32(48)44(33(49)53-35(4,5)6)21-26-7-8-37-29(40-26)28-22-43(10-9-36-28)27(23-45)24-51-18-17-50-16-15-41-11-13-42(14-12-41)31-38-19-25(20-39-31)30(46)47/h7-8,19-20,23,27-28,36H,9-18,21-22,24H2,1-6H3,(H,46,47). The number of aldehydes is 1. The highest BCUT2D eigenvalue weighted by Crippen LogP contribution is 2.19. The van der Waals surface area contributed by atoms with E-state index in [1.54, 1.807) is 53.8 Å². The largest absolute Gasteiger partial charge is 0.478 e. The Balaban J connectivity index is 1.19. The van der Waals surface area contributed by atoms with Crippen LogP contribution >= 0.6 is 0 Å². The van der Waals surface area contributed by atoms with Crippen LogP contribution < -0.4 is 10.2 Å². The Kier molecular flexibility index (Phi) is 14.9. The lowest BCUT2D eigenvalue weighted by Crippen LogP contribution is -2.52. The van der Waals surface area contributed by atoms with E-state index < -0.39 is 35.4 Å². The molecule has 2 amide bonds. The monoisotopic (exact) mass is 743 g/mol. The van der Waals surface area contributed by atoms with Crippen molar-refractivity contribution in [1.82, 2.24) is 40.0 Å². The number of aromatic carboxylic acids is 1. The zero-order valence-corrected chi connectivity index (χ0v) is 31.5. The zero-order chi connectivity index (χ0) is 38.6. The van der Waals surface area contributed by atoms with E-state index in [0.717, 1.165) is 43.9 Å². The van der Waals surface area contributed by atoms with Crippen molar-refractivity contribution in [2.75, 3.05) is 83.7 Å². The SMILES string of the molecule is CC(C)(C)OC(=O)N(Cc1ccnc(C2CN(C(C=O)COCCOCCN3CCN(c4ncc(C(=O)O)cn4)CC3)CCN2)n1)C(=O)OC(C)(C)C. The number of anilines is 1. The highest BCUT2D eigenvalue weighted by Gasteiger charge is 2.33. The van der Waals surface area contributed by atoms with Gasteiger partial charge in [-0.1, -0.05) is 0 Å². The summed E-state index contributed by atoms with van der Waals surface area (Å²) in [5.74, 6) is -0.0651. The van der Waals surface area contributed by atoms with E-state index in [9.17, 15) is 19.2 Å². The Morgan fingerprint density at radius 3 is 2.19 bits per heavy atom. The zero-order valence-electron chi connectivity index (χ0n) is 31.5. The molecule has 2 aliphatic rings. The molecule has 18 heteroatoms. The molecule has 2 unspecified atom stereocenters. The Morgan fingerprint density at radius 1 is 0.943 bits per heavy atom. The van der Waals surface area contributed by atoms with Crippen molar-refractivity contribution in [3.63, 3.8) is 0 Å². The Morgan fingerprint density at radius 2 is 1.58 bits per heavy atom. The maximum absolute atomic E-state index is 13.0. The highest BCUT2D eigenvalue weighted by molar-refractivity contribution is 5.88. The predicted molar refractivity (Wildman–Crippen MR) is 191 cm³/mol. The van der Waals surface area contributed by atoms with Crippen LogP contribution in [0.15, 0.2) is 24.7 Å². The van der Waals surface area contributed by atoms with Gasteiger partial charge in [0.25, 0.3) is 0 Å². The minimum Gasteiger partial charge on any atom is -0.478 e. The van der Waals surface area contributed by atoms with E-state index in [-0.39, 0.29) is 24.8 Å². The number of amides is 2. The van der Waals surface area contributed by atoms with Crippen molar-refractivity contribution in [3.8, 4) is 0 Å². The molecule has 4 rings (SSSR count). The third-order valence-electron chi connectivity index (χ3n) is 8.18. The molecule has 2 fully saturated rings. The van der Waals surface area contributed by atoms with Gasteiger partial charge in [0.15, 0.2) is 0 Å². The molecule has 2 atom stereocenters. The number of carboxylic acids is 1. The summed E-state index contributed by atoms with van der Waals surface area (Å²) in [5.41, 5.74) is -1.17. The number of rotatable bonds is 15. The van der Waals surface area contributed by atoms with Crippen LogP contribution in [-0.2, 0) is 30.3 Å². The van der Waals surface area contributed by atoms with Crippen molar-refractivity contribution >= 4 is 30.4 Å². The number of nitrogens with one attached hydrogen (secondary N) is 1. The topological polar surface area (TPSA) is 202 Å². The fourth-order valence-corrected chi connectivity index (χ4v) is 5.53. The number of carboxylic acid groups (broad SMARTS) is 1. The summed E-state index contributed by atoms with van der Waals surface area (Å²) in [6, 6.07) is 0.842. The lowest BCUT2D eigenvalue weighted by atomic mass is 10.1. The van der Waals surface area contributed by atoms with Crippen molar-refractivity contribution < 1.29 is 43.2 Å². The van der Waals surface area contributed by atoms with Crippen LogP contribution in [0.1, 0.15) is 69.5 Å². The molecular weight excluding hydrogens is 690 g/mol. The fraction of sp³-hybridized carbons (Fsp3) is 0.657. The summed E-state index contributed by atoms with van der Waals surface area (Å²) >= 11 is 0. The summed E-state index contributed by atoms with van der Waals surface area (Å²) in [7, 11) is 0. The van der Waals surface area contributed by atoms with Gasteiger partial charge in [0.1, 0.15) is 23.3 Å². The van der Waals surface area contributed by atoms with Crippen molar-refractivity contribution in [3.05, 3.63) is 41.7 Å². The van der Waals surface area contributed by atoms with Gasteiger partial charge in [-0.15, -0.1) is 0 Å². The van der Waals surface area contributed by atoms with Gasteiger partial charge in [-0.2, -0.15) is 0 Å². The number of aromatic nitrogens is 4. The smallest absolute Gasteiger partial charge is 0.420 e. The average molecular weight is 744 g/mol. The normalized spacial score (nSPS) is 17.9. The lowest BCUT2D eigenvalue weighted by molar-refractivity contribution is -0.115. The summed E-state index contributed by atoms with van der Waals surface area (Å²) in [6.07, 6.45) is 3.40. The van der Waals surface area contributed by atoms with Gasteiger partial charge in [0.05, 0.1) is 56.3 Å². The first-order valence-electron chi connectivity index (χ1n) is 17.8. The van der Waals surface area contributed by atoms with Crippen LogP contribution in [0.3, 0.4) is 0 Å². The van der Waals surface area contributed by atoms with Gasteiger partial charge in [0.2, 0.25) is 5.95 Å². The lowest BCUT2D eigenvalue weighted by Gasteiger charge is -2.36. The molecule has 2 saturated heterocycles. The van der Waals surface area contributed by atoms with Crippen LogP contribution in [0, 0.1) is 0 Å². The number of carbonyl (C=O) groups excluding carboxylic acids is 3. The summed E-state index contributed by atoms with van der Waals surface area (Å²) in [6.45, 7) is 17.1. The van der Waals surface area contributed by atoms with Crippen LogP contribution in [0.2, 0.25) is 0 Å². The molecule has 2 aromatic heterocycles. The molecule has 18 nitrogen and oxygen atoms in total. The Hall–Kier alpha value is -4.36. The van der Waals surface area contributed by atoms with Crippen LogP contribution in [0.4, 0.5) is 15.5 Å². The quantitative estimate of drug-likeness (QED) is 0.198. The number of imide groups is 1. The van der Waals surface area contributed by atoms with Crippen molar-refractivity contribution in [2.45, 2.75) is 71.4 Å². The highest BCUT2D eigenvalue weighted by atomic mass is 16.6. The second-order valence-electron chi connectivity index (χ2n) is 14.8. The third kappa shape index (κ3) is 13.5. The maximum atomic E-state index is 13.0. The summed E-state index contributed by atoms with van der Waals surface area (Å²) < 4.78 is 22.5. The molecule has 0 spiro atoms. The molecule has 4 heterocycles. The van der Waals surface area contributed by atoms with Gasteiger partial charge in [-0.25, -0.2) is 39.2 Å². The van der Waals surface area contributed by atoms with Gasteiger partial charge < -0.3 is 39.1 Å². The maximum Gasteiger partial charge on any atom is 0.420 e. The first-order valence-corrected chi connectivity index (χ1v) is 17.8. The first kappa shape index (κ1) is 41.4. The molecule has 0 saturated carbocycles. The summed E-state index contributed by atoms with van der Waals surface area (Å²) in [4.78, 5) is 73.8. The van der Waals surface area contributed by atoms with Gasteiger partial charge in [-0.05, 0) is 47.6 Å². The van der Waals surface area contributed by atoms with Gasteiger partial charge in [-0.3, -0.25) is 9.80 Å². The van der Waals surface area contributed by atoms with E-state index in [1.165, 1.54) is 12.4 Å². The van der Waals surface area contributed by atoms with Crippen LogP contribution in [0.5, 0.6) is 0 Å². The molecule has 0 aromatic carbocycles. The molecule has 0 aliphatic carbocycles. The number of piperazine rings is 2. The minimum atomic E-state index is -1.05. The molecule has 2 aliphatic heterocycles. The minimum absolute atomic E-state index is 0.0619. The Bertz CT molecular complexity index is 1480. The fourth-order valence-electron chi connectivity index (χ4n) is 5.53. The first-order chi connectivity index (χ1) is 25.1. The molecule has 53 heavy (non-hydrogen) atoms. The van der Waals surface area contributed by atoms with E-state index in [4.69, 9.17) is 24.1 Å². The molecule has 2 N–H and O–H groups in total. The van der Waals surface area contributed by atoms with Crippen molar-refractivity contribution in [2.24, 2.45) is 0 Å².